The van der Waals surface area contributed by atoms with E-state index in [1.54, 1.807) is 36.2 Å². The van der Waals surface area contributed by atoms with E-state index in [1.807, 2.05) is 72.8 Å². The number of thioether (sulfide) groups is 1. The molecule has 2 N–H and O–H groups in total. The summed E-state index contributed by atoms with van der Waals surface area (Å²) >= 11 is 1.60. The average Bonchev–Trinajstić information content (AvgIpc) is 3.16. The minimum atomic E-state index is -2.33. The Labute approximate surface area is 289 Å². The van der Waals surface area contributed by atoms with Crippen molar-refractivity contribution in [3.05, 3.63) is 154 Å². The van der Waals surface area contributed by atoms with Crippen molar-refractivity contribution >= 4 is 17.7 Å². The summed E-state index contributed by atoms with van der Waals surface area (Å²) in [5.41, 5.74) is 3.11. The number of hydrogen-bond acceptors (Lipinski definition) is 6. The van der Waals surface area contributed by atoms with Crippen LogP contribution < -0.4 is 5.32 Å². The van der Waals surface area contributed by atoms with Crippen LogP contribution in [0.5, 0.6) is 0 Å². The fraction of sp³-hybridized carbons (Fsp3) is 0.211. The first-order valence-electron chi connectivity index (χ1n) is 15.7. The molecule has 6 nitrogen and oxygen atoms in total. The van der Waals surface area contributed by atoms with Crippen molar-refractivity contribution in [2.75, 3.05) is 5.75 Å². The van der Waals surface area contributed by atoms with Gasteiger partial charge in [-0.15, -0.1) is 11.8 Å². The van der Waals surface area contributed by atoms with E-state index >= 15 is 0 Å². The first kappa shape index (κ1) is 35.2. The SMILES string of the molecule is C[C@@H]1[C@H](CSc2ccccn2)O[C@H](c2ccc(-c3cccc(CNC(=O)c4c(F)c(F)c(F)c(F)c4F)c3)cc2)O[C@@H]1c1ccc(CO)cc1. The number of hydrogen-bond donors (Lipinski definition) is 2. The molecule has 1 aromatic heterocycles. The van der Waals surface area contributed by atoms with Crippen molar-refractivity contribution in [2.24, 2.45) is 5.92 Å². The third-order valence-electron chi connectivity index (χ3n) is 8.49. The Morgan fingerprint density at radius 3 is 2.12 bits per heavy atom. The van der Waals surface area contributed by atoms with Gasteiger partial charge in [-0.1, -0.05) is 79.7 Å². The normalized spacial score (nSPS) is 18.9. The minimum Gasteiger partial charge on any atom is -0.392 e. The van der Waals surface area contributed by atoms with E-state index in [0.717, 1.165) is 32.8 Å². The predicted octanol–water partition coefficient (Wildman–Crippen LogP) is 8.45. The zero-order chi connectivity index (χ0) is 35.4. The summed E-state index contributed by atoms with van der Waals surface area (Å²) in [6.07, 6.45) is 0.603. The minimum absolute atomic E-state index is 0.000896. The number of pyridine rings is 1. The third kappa shape index (κ3) is 7.58. The molecule has 0 radical (unpaired) electrons. The van der Waals surface area contributed by atoms with E-state index in [0.29, 0.717) is 11.3 Å². The second-order valence-corrected chi connectivity index (χ2v) is 12.8. The molecule has 1 saturated heterocycles. The van der Waals surface area contributed by atoms with Gasteiger partial charge in [0.2, 0.25) is 5.82 Å². The van der Waals surface area contributed by atoms with E-state index in [1.165, 1.54) is 0 Å². The van der Waals surface area contributed by atoms with Crippen molar-refractivity contribution in [3.63, 3.8) is 0 Å². The first-order valence-corrected chi connectivity index (χ1v) is 16.7. The number of carbonyl (C=O) groups is 1. The van der Waals surface area contributed by atoms with Crippen LogP contribution in [0.3, 0.4) is 0 Å². The smallest absolute Gasteiger partial charge is 0.257 e. The van der Waals surface area contributed by atoms with Crippen molar-refractivity contribution in [1.29, 1.82) is 0 Å². The number of aliphatic hydroxyl groups is 1. The molecular formula is C38H31F5N2O4S. The maximum atomic E-state index is 14.1. The van der Waals surface area contributed by atoms with Crippen LogP contribution in [0.1, 0.15) is 51.9 Å². The molecule has 50 heavy (non-hydrogen) atoms. The van der Waals surface area contributed by atoms with Gasteiger partial charge in [-0.3, -0.25) is 4.79 Å². The molecule has 1 fully saturated rings. The molecule has 0 bridgehead atoms. The lowest BCUT2D eigenvalue weighted by Crippen LogP contribution is -2.38. The van der Waals surface area contributed by atoms with E-state index < -0.39 is 46.8 Å². The summed E-state index contributed by atoms with van der Waals surface area (Å²) < 4.78 is 81.9. The van der Waals surface area contributed by atoms with Gasteiger partial charge < -0.3 is 19.9 Å². The lowest BCUT2D eigenvalue weighted by Gasteiger charge is -2.41. The number of ether oxygens (including phenoxy) is 2. The van der Waals surface area contributed by atoms with E-state index in [-0.39, 0.29) is 31.3 Å². The zero-order valence-electron chi connectivity index (χ0n) is 26.6. The first-order chi connectivity index (χ1) is 24.1. The number of aliphatic hydroxyl groups excluding tert-OH is 1. The summed E-state index contributed by atoms with van der Waals surface area (Å²) in [4.78, 5) is 16.9. The molecule has 1 aliphatic rings. The molecule has 4 atom stereocenters. The van der Waals surface area contributed by atoms with E-state index in [9.17, 15) is 31.9 Å². The number of aromatic nitrogens is 1. The fourth-order valence-electron chi connectivity index (χ4n) is 5.68. The van der Waals surface area contributed by atoms with Gasteiger partial charge in [0.05, 0.1) is 23.8 Å². The lowest BCUT2D eigenvalue weighted by atomic mass is 9.91. The molecule has 0 saturated carbocycles. The van der Waals surface area contributed by atoms with Crippen molar-refractivity contribution in [2.45, 2.75) is 43.6 Å². The summed E-state index contributed by atoms with van der Waals surface area (Å²) in [6.45, 7) is 1.80. The quantitative estimate of drug-likeness (QED) is 0.0657. The Morgan fingerprint density at radius 1 is 0.780 bits per heavy atom. The van der Waals surface area contributed by atoms with Gasteiger partial charge in [-0.25, -0.2) is 26.9 Å². The number of nitrogens with one attached hydrogen (secondary N) is 1. The number of carbonyl (C=O) groups excluding carboxylic acids is 1. The summed E-state index contributed by atoms with van der Waals surface area (Å²) in [7, 11) is 0. The predicted molar refractivity (Wildman–Crippen MR) is 177 cm³/mol. The van der Waals surface area contributed by atoms with Crippen LogP contribution in [0.25, 0.3) is 11.1 Å². The van der Waals surface area contributed by atoms with Gasteiger partial charge in [-0.2, -0.15) is 0 Å². The van der Waals surface area contributed by atoms with Crippen molar-refractivity contribution < 1.29 is 41.3 Å². The van der Waals surface area contributed by atoms with Crippen LogP contribution in [-0.2, 0) is 22.6 Å². The number of amides is 1. The van der Waals surface area contributed by atoms with Gasteiger partial charge in [0, 0.05) is 30.0 Å². The van der Waals surface area contributed by atoms with Crippen LogP contribution in [0.4, 0.5) is 22.0 Å². The van der Waals surface area contributed by atoms with Gasteiger partial charge in [0.15, 0.2) is 29.6 Å². The maximum Gasteiger partial charge on any atom is 0.257 e. The van der Waals surface area contributed by atoms with Gasteiger partial charge in [0.1, 0.15) is 5.56 Å². The van der Waals surface area contributed by atoms with Crippen LogP contribution in [0.2, 0.25) is 0 Å². The molecule has 1 aliphatic heterocycles. The molecule has 12 heteroatoms. The Balaban J connectivity index is 1.18. The summed E-state index contributed by atoms with van der Waals surface area (Å²) in [5.74, 6) is -11.9. The van der Waals surface area contributed by atoms with Gasteiger partial charge in [0.25, 0.3) is 5.91 Å². The summed E-state index contributed by atoms with van der Waals surface area (Å²) in [5, 5.41) is 12.6. The van der Waals surface area contributed by atoms with Crippen molar-refractivity contribution in [3.8, 4) is 11.1 Å². The molecule has 0 unspecified atom stereocenters. The molecule has 258 valence electrons. The Morgan fingerprint density at radius 2 is 1.46 bits per heavy atom. The molecule has 2 heterocycles. The molecule has 5 aromatic rings. The number of benzene rings is 4. The highest BCUT2D eigenvalue weighted by molar-refractivity contribution is 7.99. The maximum absolute atomic E-state index is 14.1. The van der Waals surface area contributed by atoms with Crippen LogP contribution >= 0.6 is 11.8 Å². The van der Waals surface area contributed by atoms with E-state index in [2.05, 4.69) is 17.2 Å². The summed E-state index contributed by atoms with van der Waals surface area (Å²) in [6, 6.07) is 27.9. The number of halogens is 5. The molecule has 0 aliphatic carbocycles. The molecular weight excluding hydrogens is 675 g/mol. The van der Waals surface area contributed by atoms with Gasteiger partial charge in [-0.05, 0) is 46.0 Å². The van der Waals surface area contributed by atoms with Gasteiger partial charge >= 0.3 is 0 Å². The molecule has 4 aromatic carbocycles. The molecule has 0 spiro atoms. The monoisotopic (exact) mass is 706 g/mol. The van der Waals surface area contributed by atoms with Crippen LogP contribution in [0.15, 0.2) is 102 Å². The number of nitrogens with zero attached hydrogens (tertiary/aromatic N) is 1. The average molecular weight is 707 g/mol. The lowest BCUT2D eigenvalue weighted by molar-refractivity contribution is -0.268. The molecule has 6 rings (SSSR count). The highest BCUT2D eigenvalue weighted by atomic mass is 32.2. The fourth-order valence-corrected chi connectivity index (χ4v) is 6.71. The third-order valence-corrected chi connectivity index (χ3v) is 9.52. The largest absolute Gasteiger partial charge is 0.392 e. The Kier molecular flexibility index (Phi) is 10.9. The van der Waals surface area contributed by atoms with Crippen molar-refractivity contribution in [1.82, 2.24) is 10.3 Å². The zero-order valence-corrected chi connectivity index (χ0v) is 27.4. The Bertz CT molecular complexity index is 1940. The van der Waals surface area contributed by atoms with E-state index in [4.69, 9.17) is 9.47 Å². The Hall–Kier alpha value is -4.62. The highest BCUT2D eigenvalue weighted by Crippen LogP contribution is 2.43. The number of rotatable bonds is 10. The standard InChI is InChI=1S/C38H31F5N2O4S/c1-21-28(20-50-29-7-2-3-16-44-29)48-38(49-36(21)25-10-8-22(19-46)9-11-25)26-14-12-24(13-15-26)27-6-4-5-23(17-27)18-45-37(47)30-31(39)33(41)35(43)34(42)32(30)40/h2-17,21,28,36,38,46H,18-20H2,1H3,(H,45,47)/t21-,28+,36+,38+/m1/s1. The second kappa shape index (κ2) is 15.5. The highest BCUT2D eigenvalue weighted by Gasteiger charge is 2.38. The topological polar surface area (TPSA) is 80.7 Å². The molecule has 1 amide bonds. The van der Waals surface area contributed by atoms with Crippen LogP contribution in [0, 0.1) is 35.0 Å². The second-order valence-electron chi connectivity index (χ2n) is 11.8. The van der Waals surface area contributed by atoms with Crippen LogP contribution in [-0.4, -0.2) is 27.9 Å².